The highest BCUT2D eigenvalue weighted by atomic mass is 32.7. The predicted octanol–water partition coefficient (Wildman–Crippen LogP) is 4.33. The molecule has 1 N–H and O–H groups in total. The lowest BCUT2D eigenvalue weighted by Gasteiger charge is -2.32. The fraction of sp³-hybridized carbons (Fsp3) is 1.00. The molecule has 2 heterocycles. The Kier molecular flexibility index (Phi) is 11.6. The van der Waals surface area contributed by atoms with E-state index < -0.39 is 54.6 Å². The van der Waals surface area contributed by atoms with Crippen LogP contribution in [0.1, 0.15) is 55.4 Å². The first kappa shape index (κ1) is 33.1. The molecule has 0 bridgehead atoms. The standard InChI is InChI=1S/C22H44O10P2S2/c1-13-17(25-9)19(31-21(3,4)5)15(29-13)12-28-34(24,36)32-20-16(30-14(2)18(20)26-10)11-27-33(23,35)22(6,7)8/h13-20H,11-12H2,1-10H3,(H,23,35)(H,24,36)/t13-,14-,15+,16+,17+,18+,19?,20?,33?,34?/m0/s1. The van der Waals surface area contributed by atoms with Crippen LogP contribution in [0.25, 0.3) is 0 Å². The van der Waals surface area contributed by atoms with Gasteiger partial charge in [0, 0.05) is 19.4 Å². The van der Waals surface area contributed by atoms with Gasteiger partial charge in [0.05, 0.1) is 31.0 Å². The molecule has 0 aromatic rings. The molecule has 0 aliphatic carbocycles. The topological polar surface area (TPSA) is 111 Å². The Hall–Kier alpha value is 0.870. The van der Waals surface area contributed by atoms with E-state index >= 15 is 0 Å². The van der Waals surface area contributed by atoms with Gasteiger partial charge in [0.25, 0.3) is 6.57 Å². The van der Waals surface area contributed by atoms with Crippen molar-refractivity contribution in [2.24, 2.45) is 0 Å². The molecular formula is C22H44O10P2S2. The minimum Gasteiger partial charge on any atom is -0.376 e. The smallest absolute Gasteiger partial charge is 0.325 e. The Morgan fingerprint density at radius 1 is 0.861 bits per heavy atom. The van der Waals surface area contributed by atoms with Crippen LogP contribution >= 0.6 is 25.5 Å². The van der Waals surface area contributed by atoms with E-state index in [0.29, 0.717) is 0 Å². The summed E-state index contributed by atoms with van der Waals surface area (Å²) in [5, 5.41) is -0.670. The Labute approximate surface area is 226 Å². The quantitative estimate of drug-likeness (QED) is 0.263. The summed E-state index contributed by atoms with van der Waals surface area (Å²) in [6, 6.07) is 0. The fourth-order valence-electron chi connectivity index (χ4n) is 4.14. The lowest BCUT2D eigenvalue weighted by atomic mass is 10.1. The maximum Gasteiger partial charge on any atom is 0.325 e. The molecule has 0 saturated carbocycles. The molecule has 214 valence electrons. The number of thiol groups is 1. The minimum atomic E-state index is -3.78. The summed E-state index contributed by atoms with van der Waals surface area (Å²) < 4.78 is 59.4. The Balaban J connectivity index is 2.10. The molecule has 0 radical (unpaired) electrons. The van der Waals surface area contributed by atoms with Crippen LogP contribution in [0, 0.1) is 0 Å². The van der Waals surface area contributed by atoms with E-state index in [-0.39, 0.29) is 31.5 Å². The molecule has 0 amide bonds. The molecular weight excluding hydrogens is 550 g/mol. The van der Waals surface area contributed by atoms with Crippen LogP contribution in [0.5, 0.6) is 0 Å². The van der Waals surface area contributed by atoms with Crippen LogP contribution in [-0.4, -0.2) is 91.9 Å². The molecule has 0 spiro atoms. The molecule has 2 rings (SSSR count). The van der Waals surface area contributed by atoms with E-state index in [1.165, 1.54) is 7.11 Å². The van der Waals surface area contributed by atoms with Gasteiger partial charge in [-0.3, -0.25) is 9.09 Å². The van der Waals surface area contributed by atoms with Crippen molar-refractivity contribution in [3.63, 3.8) is 0 Å². The summed E-state index contributed by atoms with van der Waals surface area (Å²) in [6.45, 7) is 7.69. The van der Waals surface area contributed by atoms with Crippen LogP contribution in [0.3, 0.4) is 0 Å². The maximum absolute atomic E-state index is 12.9. The molecule has 36 heavy (non-hydrogen) atoms. The third kappa shape index (κ3) is 8.68. The summed E-state index contributed by atoms with van der Waals surface area (Å²) in [5.74, 6) is 0. The summed E-state index contributed by atoms with van der Waals surface area (Å²) in [7, 11) is 3.11. The second kappa shape index (κ2) is 12.6. The van der Waals surface area contributed by atoms with Gasteiger partial charge >= 0.3 is 6.72 Å². The van der Waals surface area contributed by atoms with Crippen molar-refractivity contribution in [3.05, 3.63) is 0 Å². The molecule has 10 nitrogen and oxygen atoms in total. The second-order valence-electron chi connectivity index (χ2n) is 11.2. The number of hydrogen-bond acceptors (Lipinski definition) is 10. The van der Waals surface area contributed by atoms with Crippen LogP contribution in [0.4, 0.5) is 0 Å². The van der Waals surface area contributed by atoms with Crippen molar-refractivity contribution in [2.75, 3.05) is 27.4 Å². The van der Waals surface area contributed by atoms with Crippen LogP contribution < -0.4 is 0 Å². The summed E-state index contributed by atoms with van der Waals surface area (Å²) >= 11 is 9.58. The Morgan fingerprint density at radius 3 is 1.75 bits per heavy atom. The number of methoxy groups -OCH3 is 2. The van der Waals surface area contributed by atoms with Gasteiger partial charge in [-0.15, -0.1) is 0 Å². The highest BCUT2D eigenvalue weighted by Crippen LogP contribution is 2.63. The van der Waals surface area contributed by atoms with E-state index in [9.17, 15) is 9.46 Å². The number of rotatable bonds is 11. The van der Waals surface area contributed by atoms with Gasteiger partial charge in [0.1, 0.15) is 36.6 Å². The van der Waals surface area contributed by atoms with Crippen molar-refractivity contribution < 1.29 is 46.7 Å². The van der Waals surface area contributed by atoms with Gasteiger partial charge < -0.3 is 37.6 Å². The van der Waals surface area contributed by atoms with Gasteiger partial charge in [-0.05, 0) is 46.4 Å². The van der Waals surface area contributed by atoms with Crippen molar-refractivity contribution >= 4 is 37.3 Å². The first-order valence-electron chi connectivity index (χ1n) is 12.0. The van der Waals surface area contributed by atoms with Crippen molar-refractivity contribution in [2.45, 2.75) is 115 Å². The first-order chi connectivity index (χ1) is 16.3. The summed E-state index contributed by atoms with van der Waals surface area (Å²) in [5.41, 5.74) is -0.446. The third-order valence-corrected chi connectivity index (χ3v) is 11.9. The zero-order chi connectivity index (χ0) is 27.7. The number of ether oxygens (including phenoxy) is 5. The van der Waals surface area contributed by atoms with Crippen LogP contribution in [-0.2, 0) is 53.6 Å². The molecule has 0 aromatic heterocycles. The molecule has 2 aliphatic rings. The molecule has 14 heteroatoms. The molecule has 2 fully saturated rings. The van der Waals surface area contributed by atoms with E-state index in [1.54, 1.807) is 27.9 Å². The predicted molar refractivity (Wildman–Crippen MR) is 145 cm³/mol. The van der Waals surface area contributed by atoms with E-state index in [0.717, 1.165) is 0 Å². The van der Waals surface area contributed by atoms with E-state index in [4.69, 9.17) is 49.1 Å². The second-order valence-corrected chi connectivity index (χ2v) is 18.2. The van der Waals surface area contributed by atoms with Crippen molar-refractivity contribution in [3.8, 4) is 0 Å². The molecule has 4 unspecified atom stereocenters. The molecule has 10 atom stereocenters. The lowest BCUT2D eigenvalue weighted by molar-refractivity contribution is -0.124. The van der Waals surface area contributed by atoms with Crippen molar-refractivity contribution in [1.82, 2.24) is 0 Å². The average molecular weight is 595 g/mol. The van der Waals surface area contributed by atoms with Gasteiger partial charge in [-0.25, -0.2) is 0 Å². The average Bonchev–Trinajstić information content (AvgIpc) is 3.17. The number of hydrogen-bond donors (Lipinski definition) is 2. The fourth-order valence-corrected chi connectivity index (χ4v) is 6.51. The van der Waals surface area contributed by atoms with E-state index in [1.807, 2.05) is 34.6 Å². The van der Waals surface area contributed by atoms with Crippen molar-refractivity contribution in [1.29, 1.82) is 0 Å². The Bertz CT molecular complexity index is 818. The largest absolute Gasteiger partial charge is 0.376 e. The zero-order valence-corrected chi connectivity index (χ0v) is 26.4. The Morgan fingerprint density at radius 2 is 1.31 bits per heavy atom. The molecule has 2 aliphatic heterocycles. The zero-order valence-electron chi connectivity index (χ0n) is 22.9. The maximum atomic E-state index is 12.9. The highest BCUT2D eigenvalue weighted by Gasteiger charge is 2.49. The van der Waals surface area contributed by atoms with Gasteiger partial charge in [-0.2, -0.15) is 0 Å². The van der Waals surface area contributed by atoms with Crippen LogP contribution in [0.2, 0.25) is 0 Å². The summed E-state index contributed by atoms with van der Waals surface area (Å²) in [4.78, 5) is 10.9. The first-order valence-corrected chi connectivity index (χ1v) is 17.4. The van der Waals surface area contributed by atoms with Gasteiger partial charge in [0.2, 0.25) is 0 Å². The van der Waals surface area contributed by atoms with Crippen LogP contribution in [0.15, 0.2) is 0 Å². The van der Waals surface area contributed by atoms with Gasteiger partial charge in [0.15, 0.2) is 0 Å². The molecule has 0 aromatic carbocycles. The molecule has 2 saturated heterocycles. The normalized spacial score (nSPS) is 37.1. The van der Waals surface area contributed by atoms with E-state index in [2.05, 4.69) is 12.2 Å². The summed E-state index contributed by atoms with van der Waals surface area (Å²) in [6.07, 6.45) is -3.96. The monoisotopic (exact) mass is 594 g/mol. The van der Waals surface area contributed by atoms with Gasteiger partial charge in [-0.1, -0.05) is 33.0 Å². The lowest BCUT2D eigenvalue weighted by Crippen LogP contribution is -2.43. The minimum absolute atomic E-state index is 0.0590. The highest BCUT2D eigenvalue weighted by molar-refractivity contribution is 8.46. The third-order valence-electron chi connectivity index (χ3n) is 6.04. The SMILES string of the molecule is CO[C@H]1C(OC(C)(C)C)[C@@H](COP(O)(=S)OC2[C@@H](COP(=O)(S)C(C)(C)C)O[C@@H](C)[C@H]2OC)O[C@H]1C.